The van der Waals surface area contributed by atoms with Crippen LogP contribution in [0, 0.1) is 5.92 Å². The fraction of sp³-hybridized carbons (Fsp3) is 0.391. The second-order valence-electron chi connectivity index (χ2n) is 7.72. The summed E-state index contributed by atoms with van der Waals surface area (Å²) in [5.41, 5.74) is 3.37. The molecule has 1 N–H and O–H groups in total. The highest BCUT2D eigenvalue weighted by molar-refractivity contribution is 5.86. The van der Waals surface area contributed by atoms with Crippen molar-refractivity contribution in [3.8, 4) is 0 Å². The van der Waals surface area contributed by atoms with Gasteiger partial charge in [-0.15, -0.1) is 0 Å². The summed E-state index contributed by atoms with van der Waals surface area (Å²) >= 11 is 0. The number of fused-ring (bicyclic) bond motifs is 1. The largest absolute Gasteiger partial charge is 0.445 e. The molecule has 2 aromatic carbocycles. The van der Waals surface area contributed by atoms with Crippen molar-refractivity contribution in [2.24, 2.45) is 5.92 Å². The Labute approximate surface area is 166 Å². The summed E-state index contributed by atoms with van der Waals surface area (Å²) in [6, 6.07) is 17.2. The van der Waals surface area contributed by atoms with Gasteiger partial charge < -0.3 is 15.0 Å². The Kier molecular flexibility index (Phi) is 6.34. The van der Waals surface area contributed by atoms with Crippen LogP contribution in [0.1, 0.15) is 37.5 Å². The van der Waals surface area contributed by atoms with Crippen molar-refractivity contribution in [1.29, 1.82) is 0 Å². The Morgan fingerprint density at radius 1 is 1.07 bits per heavy atom. The number of carbonyl (C=O) groups is 2. The molecule has 2 atom stereocenters. The Morgan fingerprint density at radius 2 is 1.71 bits per heavy atom. The standard InChI is InChI=1S/C23H28N2O3/c1-16(2)21(24-23(27)28-15-18-9-5-4-6-10-18)22(26)25-14-20-12-8-7-11-19(20)13-17(25)3/h4-12,16-17,21H,13-15H2,1-3H3,(H,24,27). The second kappa shape index (κ2) is 8.91. The molecule has 1 aliphatic rings. The van der Waals surface area contributed by atoms with Crippen molar-refractivity contribution in [3.63, 3.8) is 0 Å². The maximum Gasteiger partial charge on any atom is 0.408 e. The molecule has 0 spiro atoms. The van der Waals surface area contributed by atoms with Gasteiger partial charge in [0.2, 0.25) is 5.91 Å². The van der Waals surface area contributed by atoms with E-state index in [9.17, 15) is 9.59 Å². The molecule has 2 aromatic rings. The lowest BCUT2D eigenvalue weighted by Gasteiger charge is -2.38. The van der Waals surface area contributed by atoms with Crippen LogP contribution in [-0.2, 0) is 29.1 Å². The third-order valence-electron chi connectivity index (χ3n) is 5.21. The molecule has 5 nitrogen and oxygen atoms in total. The quantitative estimate of drug-likeness (QED) is 0.856. The highest BCUT2D eigenvalue weighted by Crippen LogP contribution is 2.24. The van der Waals surface area contributed by atoms with Crippen LogP contribution < -0.4 is 5.32 Å². The van der Waals surface area contributed by atoms with E-state index in [4.69, 9.17) is 4.74 Å². The average Bonchev–Trinajstić information content (AvgIpc) is 2.70. The van der Waals surface area contributed by atoms with Gasteiger partial charge in [-0.3, -0.25) is 4.79 Å². The zero-order valence-corrected chi connectivity index (χ0v) is 16.7. The van der Waals surface area contributed by atoms with Gasteiger partial charge in [0.1, 0.15) is 12.6 Å². The van der Waals surface area contributed by atoms with Crippen LogP contribution in [0.3, 0.4) is 0 Å². The minimum atomic E-state index is -0.615. The molecule has 0 fully saturated rings. The number of nitrogens with one attached hydrogen (secondary N) is 1. The zero-order chi connectivity index (χ0) is 20.1. The van der Waals surface area contributed by atoms with Crippen molar-refractivity contribution in [2.45, 2.75) is 52.4 Å². The number of rotatable bonds is 5. The summed E-state index contributed by atoms with van der Waals surface area (Å²) in [6.07, 6.45) is 0.256. The van der Waals surface area contributed by atoms with Gasteiger partial charge in [-0.25, -0.2) is 4.79 Å². The molecular weight excluding hydrogens is 352 g/mol. The van der Waals surface area contributed by atoms with Crippen LogP contribution in [0.5, 0.6) is 0 Å². The van der Waals surface area contributed by atoms with E-state index in [2.05, 4.69) is 24.4 Å². The lowest BCUT2D eigenvalue weighted by molar-refractivity contribution is -0.137. The molecular formula is C23H28N2O3. The first kappa shape index (κ1) is 19.9. The fourth-order valence-electron chi connectivity index (χ4n) is 3.56. The minimum absolute atomic E-state index is 0.0406. The molecule has 0 aliphatic carbocycles. The molecule has 5 heteroatoms. The third-order valence-corrected chi connectivity index (χ3v) is 5.21. The Morgan fingerprint density at radius 3 is 2.39 bits per heavy atom. The van der Waals surface area contributed by atoms with Gasteiger partial charge in [-0.1, -0.05) is 68.4 Å². The van der Waals surface area contributed by atoms with Crippen molar-refractivity contribution in [3.05, 3.63) is 71.3 Å². The maximum absolute atomic E-state index is 13.2. The van der Waals surface area contributed by atoms with Crippen LogP contribution in [0.25, 0.3) is 0 Å². The summed E-state index contributed by atoms with van der Waals surface area (Å²) in [5.74, 6) is -0.102. The van der Waals surface area contributed by atoms with Gasteiger partial charge in [0.05, 0.1) is 0 Å². The van der Waals surface area contributed by atoms with E-state index in [0.29, 0.717) is 6.54 Å². The van der Waals surface area contributed by atoms with E-state index < -0.39 is 12.1 Å². The van der Waals surface area contributed by atoms with Crippen LogP contribution in [-0.4, -0.2) is 29.0 Å². The van der Waals surface area contributed by atoms with E-state index >= 15 is 0 Å². The van der Waals surface area contributed by atoms with Crippen molar-refractivity contribution >= 4 is 12.0 Å². The van der Waals surface area contributed by atoms with Gasteiger partial charge >= 0.3 is 6.09 Å². The zero-order valence-electron chi connectivity index (χ0n) is 16.7. The van der Waals surface area contributed by atoms with E-state index in [-0.39, 0.29) is 24.5 Å². The van der Waals surface area contributed by atoms with Crippen LogP contribution in [0.4, 0.5) is 4.79 Å². The number of hydrogen-bond donors (Lipinski definition) is 1. The molecule has 0 bridgehead atoms. The molecule has 2 amide bonds. The summed E-state index contributed by atoms with van der Waals surface area (Å²) in [4.78, 5) is 27.4. The normalized spacial score (nSPS) is 17.0. The first-order chi connectivity index (χ1) is 13.5. The number of benzene rings is 2. The highest BCUT2D eigenvalue weighted by Gasteiger charge is 2.34. The maximum atomic E-state index is 13.2. The fourth-order valence-corrected chi connectivity index (χ4v) is 3.56. The van der Waals surface area contributed by atoms with E-state index in [0.717, 1.165) is 12.0 Å². The summed E-state index contributed by atoms with van der Waals surface area (Å²) in [5, 5.41) is 2.78. The molecule has 2 unspecified atom stereocenters. The predicted molar refractivity (Wildman–Crippen MR) is 109 cm³/mol. The molecule has 1 heterocycles. The number of nitrogens with zero attached hydrogens (tertiary/aromatic N) is 1. The van der Waals surface area contributed by atoms with Crippen molar-refractivity contribution < 1.29 is 14.3 Å². The van der Waals surface area contributed by atoms with Crippen molar-refractivity contribution in [1.82, 2.24) is 10.2 Å². The highest BCUT2D eigenvalue weighted by atomic mass is 16.5. The Hall–Kier alpha value is -2.82. The molecule has 3 rings (SSSR count). The molecule has 0 aromatic heterocycles. The van der Waals surface area contributed by atoms with E-state index in [1.54, 1.807) is 0 Å². The molecule has 148 valence electrons. The summed E-state index contributed by atoms with van der Waals surface area (Å²) < 4.78 is 5.31. The first-order valence-electron chi connectivity index (χ1n) is 9.80. The van der Waals surface area contributed by atoms with E-state index in [1.807, 2.05) is 61.2 Å². The lowest BCUT2D eigenvalue weighted by Crippen LogP contribution is -2.54. The van der Waals surface area contributed by atoms with Gasteiger partial charge in [0.15, 0.2) is 0 Å². The van der Waals surface area contributed by atoms with Crippen LogP contribution in [0.2, 0.25) is 0 Å². The average molecular weight is 380 g/mol. The minimum Gasteiger partial charge on any atom is -0.445 e. The lowest BCUT2D eigenvalue weighted by atomic mass is 9.93. The van der Waals surface area contributed by atoms with E-state index in [1.165, 1.54) is 11.1 Å². The topological polar surface area (TPSA) is 58.6 Å². The number of alkyl carbamates (subject to hydrolysis) is 1. The van der Waals surface area contributed by atoms with Gasteiger partial charge in [-0.05, 0) is 36.0 Å². The molecule has 0 radical (unpaired) electrons. The smallest absolute Gasteiger partial charge is 0.408 e. The third kappa shape index (κ3) is 4.71. The molecule has 28 heavy (non-hydrogen) atoms. The van der Waals surface area contributed by atoms with Gasteiger partial charge in [0, 0.05) is 12.6 Å². The molecule has 0 saturated heterocycles. The number of ether oxygens (including phenoxy) is 1. The van der Waals surface area contributed by atoms with Gasteiger partial charge in [0.25, 0.3) is 0 Å². The summed E-state index contributed by atoms with van der Waals surface area (Å²) in [7, 11) is 0. The summed E-state index contributed by atoms with van der Waals surface area (Å²) in [6.45, 7) is 6.67. The predicted octanol–water partition coefficient (Wildman–Crippen LogP) is 3.91. The van der Waals surface area contributed by atoms with Crippen LogP contribution in [0.15, 0.2) is 54.6 Å². The Bertz CT molecular complexity index is 820. The van der Waals surface area contributed by atoms with Crippen molar-refractivity contribution in [2.75, 3.05) is 0 Å². The first-order valence-corrected chi connectivity index (χ1v) is 9.80. The monoisotopic (exact) mass is 380 g/mol. The SMILES string of the molecule is CC(C)C(NC(=O)OCc1ccccc1)C(=O)N1Cc2ccccc2CC1C. The molecule has 0 saturated carbocycles. The number of hydrogen-bond acceptors (Lipinski definition) is 3. The Balaban J connectivity index is 1.64. The second-order valence-corrected chi connectivity index (χ2v) is 7.72. The number of carbonyl (C=O) groups excluding carboxylic acids is 2. The van der Waals surface area contributed by atoms with Gasteiger partial charge in [-0.2, -0.15) is 0 Å². The molecule has 1 aliphatic heterocycles. The van der Waals surface area contributed by atoms with Crippen LogP contribution >= 0.6 is 0 Å². The number of amides is 2.